The van der Waals surface area contributed by atoms with Crippen molar-refractivity contribution in [2.24, 2.45) is 0 Å². The average molecular weight is 189 g/mol. The number of methoxy groups -OCH3 is 1. The Balaban J connectivity index is 2.51. The molecular weight excluding hydrogens is 180 g/mol. The van der Waals surface area contributed by atoms with Crippen LogP contribution in [-0.4, -0.2) is 7.11 Å². The molecule has 0 saturated carbocycles. The summed E-state index contributed by atoms with van der Waals surface area (Å²) < 4.78 is 5.24. The van der Waals surface area contributed by atoms with Gasteiger partial charge in [-0.2, -0.15) is 0 Å². The van der Waals surface area contributed by atoms with Gasteiger partial charge in [0.1, 0.15) is 5.75 Å². The molecule has 0 fully saturated rings. The highest BCUT2D eigenvalue weighted by Crippen LogP contribution is 2.31. The highest BCUT2D eigenvalue weighted by molar-refractivity contribution is 7.13. The van der Waals surface area contributed by atoms with Gasteiger partial charge in [0.2, 0.25) is 0 Å². The van der Waals surface area contributed by atoms with Gasteiger partial charge >= 0.3 is 0 Å². The van der Waals surface area contributed by atoms with Crippen molar-refractivity contribution in [1.82, 2.24) is 0 Å². The van der Waals surface area contributed by atoms with Crippen molar-refractivity contribution in [2.45, 2.75) is 0 Å². The molecule has 0 saturated heterocycles. The zero-order chi connectivity index (χ0) is 9.10. The molecule has 1 nitrogen and oxygen atoms in total. The first kappa shape index (κ1) is 8.32. The second-order valence-electron chi connectivity index (χ2n) is 2.59. The van der Waals surface area contributed by atoms with Crippen LogP contribution in [0.2, 0.25) is 0 Å². The van der Waals surface area contributed by atoms with Crippen molar-refractivity contribution in [2.75, 3.05) is 7.11 Å². The van der Waals surface area contributed by atoms with E-state index in [1.165, 1.54) is 4.88 Å². The topological polar surface area (TPSA) is 9.23 Å². The van der Waals surface area contributed by atoms with Gasteiger partial charge in [-0.25, -0.2) is 0 Å². The molecule has 0 atom stereocenters. The Morgan fingerprint density at radius 2 is 2.23 bits per heavy atom. The Morgan fingerprint density at radius 1 is 1.31 bits per heavy atom. The number of benzene rings is 1. The summed E-state index contributed by atoms with van der Waals surface area (Å²) >= 11 is 1.69. The van der Waals surface area contributed by atoms with Crippen LogP contribution in [0.1, 0.15) is 0 Å². The van der Waals surface area contributed by atoms with E-state index in [9.17, 15) is 0 Å². The first-order valence-electron chi connectivity index (χ1n) is 4.00. The maximum Gasteiger partial charge on any atom is 0.128 e. The summed E-state index contributed by atoms with van der Waals surface area (Å²) in [6.07, 6.45) is 0. The van der Waals surface area contributed by atoms with Crippen molar-refractivity contribution in [3.8, 4) is 16.2 Å². The van der Waals surface area contributed by atoms with E-state index in [1.54, 1.807) is 18.4 Å². The molecule has 1 heterocycles. The van der Waals surface area contributed by atoms with Gasteiger partial charge in [0.05, 0.1) is 7.11 Å². The lowest BCUT2D eigenvalue weighted by atomic mass is 10.2. The minimum atomic E-state index is 0.880. The zero-order valence-corrected chi connectivity index (χ0v) is 8.10. The summed E-state index contributed by atoms with van der Waals surface area (Å²) in [5.74, 6) is 0.880. The second-order valence-corrected chi connectivity index (χ2v) is 3.54. The normalized spacial score (nSPS) is 9.92. The predicted octanol–water partition coefficient (Wildman–Crippen LogP) is 3.22. The highest BCUT2D eigenvalue weighted by atomic mass is 32.1. The minimum absolute atomic E-state index is 0.880. The summed E-state index contributed by atoms with van der Waals surface area (Å²) in [6.45, 7) is 0. The average Bonchev–Trinajstić information content (AvgIpc) is 2.70. The van der Waals surface area contributed by atoms with Crippen LogP contribution in [0, 0.1) is 6.07 Å². The SMILES string of the molecule is COc1ccc[c]c1-c1cccs1. The Labute approximate surface area is 81.6 Å². The largest absolute Gasteiger partial charge is 0.496 e. The molecule has 0 unspecified atom stereocenters. The Bertz CT molecular complexity index is 379. The molecule has 0 N–H and O–H groups in total. The van der Waals surface area contributed by atoms with Crippen molar-refractivity contribution in [3.05, 3.63) is 41.8 Å². The van der Waals surface area contributed by atoms with Crippen LogP contribution < -0.4 is 4.74 Å². The van der Waals surface area contributed by atoms with Crippen LogP contribution in [0.5, 0.6) is 5.75 Å². The molecule has 0 aliphatic carbocycles. The van der Waals surface area contributed by atoms with Gasteiger partial charge in [0.25, 0.3) is 0 Å². The second kappa shape index (κ2) is 3.62. The van der Waals surface area contributed by atoms with Crippen molar-refractivity contribution < 1.29 is 4.74 Å². The summed E-state index contributed by atoms with van der Waals surface area (Å²) in [6, 6.07) is 13.0. The maximum atomic E-state index is 5.24. The molecule has 0 amide bonds. The fraction of sp³-hybridized carbons (Fsp3) is 0.0909. The van der Waals surface area contributed by atoms with Gasteiger partial charge in [-0.05, 0) is 23.6 Å². The van der Waals surface area contributed by atoms with Crippen molar-refractivity contribution in [1.29, 1.82) is 0 Å². The van der Waals surface area contributed by atoms with Gasteiger partial charge in [-0.1, -0.05) is 18.2 Å². The van der Waals surface area contributed by atoms with Gasteiger partial charge in [0, 0.05) is 10.4 Å². The predicted molar refractivity (Wildman–Crippen MR) is 55.1 cm³/mol. The lowest BCUT2D eigenvalue weighted by Crippen LogP contribution is -1.85. The van der Waals surface area contributed by atoms with Gasteiger partial charge < -0.3 is 4.74 Å². The molecule has 0 aliphatic rings. The number of hydrogen-bond acceptors (Lipinski definition) is 2. The van der Waals surface area contributed by atoms with Gasteiger partial charge in [0.15, 0.2) is 0 Å². The monoisotopic (exact) mass is 189 g/mol. The van der Waals surface area contributed by atoms with Crippen molar-refractivity contribution in [3.63, 3.8) is 0 Å². The van der Waals surface area contributed by atoms with Crippen LogP contribution in [0.4, 0.5) is 0 Å². The van der Waals surface area contributed by atoms with E-state index in [2.05, 4.69) is 17.5 Å². The Kier molecular flexibility index (Phi) is 2.32. The van der Waals surface area contributed by atoms with Crippen LogP contribution in [0.3, 0.4) is 0 Å². The molecule has 0 aliphatic heterocycles. The van der Waals surface area contributed by atoms with E-state index >= 15 is 0 Å². The molecule has 2 aromatic rings. The number of ether oxygens (including phenoxy) is 1. The summed E-state index contributed by atoms with van der Waals surface area (Å²) in [5.41, 5.74) is 1.04. The third-order valence-corrected chi connectivity index (χ3v) is 2.69. The number of rotatable bonds is 2. The first-order chi connectivity index (χ1) is 6.42. The fourth-order valence-electron chi connectivity index (χ4n) is 1.20. The van der Waals surface area contributed by atoms with Crippen LogP contribution >= 0.6 is 11.3 Å². The smallest absolute Gasteiger partial charge is 0.128 e. The molecule has 1 aromatic carbocycles. The third-order valence-electron chi connectivity index (χ3n) is 1.81. The molecule has 0 spiro atoms. The van der Waals surface area contributed by atoms with Gasteiger partial charge in [-0.3, -0.25) is 0 Å². The van der Waals surface area contributed by atoms with E-state index < -0.39 is 0 Å². The van der Waals surface area contributed by atoms with Crippen molar-refractivity contribution >= 4 is 11.3 Å². The quantitative estimate of drug-likeness (QED) is 0.704. The van der Waals surface area contributed by atoms with Crippen LogP contribution in [0.15, 0.2) is 35.7 Å². The van der Waals surface area contributed by atoms with E-state index in [0.29, 0.717) is 0 Å². The number of thiophene rings is 1. The molecule has 13 heavy (non-hydrogen) atoms. The molecule has 1 aromatic heterocycles. The highest BCUT2D eigenvalue weighted by Gasteiger charge is 2.04. The van der Waals surface area contributed by atoms with Crippen LogP contribution in [0.25, 0.3) is 10.4 Å². The Morgan fingerprint density at radius 3 is 2.92 bits per heavy atom. The molecule has 2 heteroatoms. The van der Waals surface area contributed by atoms with Crippen LogP contribution in [-0.2, 0) is 0 Å². The Hall–Kier alpha value is -1.28. The number of hydrogen-bond donors (Lipinski definition) is 0. The van der Waals surface area contributed by atoms with Gasteiger partial charge in [-0.15, -0.1) is 11.3 Å². The van der Waals surface area contributed by atoms with E-state index in [1.807, 2.05) is 24.3 Å². The minimum Gasteiger partial charge on any atom is -0.496 e. The summed E-state index contributed by atoms with van der Waals surface area (Å²) in [7, 11) is 1.68. The summed E-state index contributed by atoms with van der Waals surface area (Å²) in [4.78, 5) is 1.19. The molecular formula is C11H9OS. The standard InChI is InChI=1S/C11H9OS/c1-12-10-6-3-2-5-9(10)11-7-4-8-13-11/h2-4,6-8H,1H3. The summed E-state index contributed by atoms with van der Waals surface area (Å²) in [5, 5.41) is 2.05. The lowest BCUT2D eigenvalue weighted by molar-refractivity contribution is 0.416. The fourth-order valence-corrected chi connectivity index (χ4v) is 1.94. The first-order valence-corrected chi connectivity index (χ1v) is 4.88. The molecule has 1 radical (unpaired) electrons. The maximum absolute atomic E-state index is 5.24. The van der Waals surface area contributed by atoms with E-state index in [-0.39, 0.29) is 0 Å². The van der Waals surface area contributed by atoms with E-state index in [0.717, 1.165) is 11.3 Å². The zero-order valence-electron chi connectivity index (χ0n) is 7.28. The lowest BCUT2D eigenvalue weighted by Gasteiger charge is -2.04. The third kappa shape index (κ3) is 1.58. The molecule has 2 rings (SSSR count). The molecule has 0 bridgehead atoms. The molecule has 65 valence electrons. The van der Waals surface area contributed by atoms with E-state index in [4.69, 9.17) is 4.74 Å².